The van der Waals surface area contributed by atoms with Crippen LogP contribution in [0.15, 0.2) is 0 Å². The van der Waals surface area contributed by atoms with Crippen molar-refractivity contribution in [3.05, 3.63) is 0 Å². The number of hydrogen-bond donors (Lipinski definition) is 1. The zero-order valence-electron chi connectivity index (χ0n) is 11.4. The highest BCUT2D eigenvalue weighted by molar-refractivity contribution is 5.86. The molecule has 2 rings (SSSR count). The maximum absolute atomic E-state index is 12.6. The molecule has 2 saturated heterocycles. The second-order valence-electron chi connectivity index (χ2n) is 5.46. The Morgan fingerprint density at radius 1 is 1.39 bits per heavy atom. The summed E-state index contributed by atoms with van der Waals surface area (Å²) < 4.78 is 11.1. The Kier molecular flexibility index (Phi) is 4.25. The molecule has 18 heavy (non-hydrogen) atoms. The number of carbonyl (C=O) groups excluding carboxylic acids is 1. The molecular weight excluding hydrogens is 232 g/mol. The van der Waals surface area contributed by atoms with Crippen LogP contribution in [0.1, 0.15) is 33.1 Å². The molecule has 0 aromatic heterocycles. The molecule has 2 atom stereocenters. The Balaban J connectivity index is 2.03. The van der Waals surface area contributed by atoms with Crippen LogP contribution < -0.4 is 5.73 Å². The van der Waals surface area contributed by atoms with Crippen LogP contribution in [0.25, 0.3) is 0 Å². The summed E-state index contributed by atoms with van der Waals surface area (Å²) in [6.45, 7) is 6.57. The smallest absolute Gasteiger partial charge is 0.243 e. The van der Waals surface area contributed by atoms with Crippen molar-refractivity contribution >= 4 is 5.91 Å². The van der Waals surface area contributed by atoms with Gasteiger partial charge in [0, 0.05) is 26.3 Å². The summed E-state index contributed by atoms with van der Waals surface area (Å²) in [5.74, 6) is 0.0689. The van der Waals surface area contributed by atoms with E-state index in [-0.39, 0.29) is 18.1 Å². The Morgan fingerprint density at radius 2 is 2.06 bits per heavy atom. The van der Waals surface area contributed by atoms with Crippen molar-refractivity contribution in [1.29, 1.82) is 0 Å². The number of nitrogens with zero attached hydrogens (tertiary/aromatic N) is 1. The lowest BCUT2D eigenvalue weighted by Gasteiger charge is -2.42. The van der Waals surface area contributed by atoms with E-state index in [2.05, 4.69) is 6.92 Å². The molecule has 104 valence electrons. The number of rotatable bonds is 2. The average Bonchev–Trinajstić information content (AvgIpc) is 2.38. The highest BCUT2D eigenvalue weighted by Crippen LogP contribution is 2.23. The lowest BCUT2D eigenvalue weighted by Crippen LogP contribution is -2.61. The lowest BCUT2D eigenvalue weighted by molar-refractivity contribution is -0.153. The quantitative estimate of drug-likeness (QED) is 0.782. The molecule has 0 bridgehead atoms. The van der Waals surface area contributed by atoms with Crippen LogP contribution in [-0.4, -0.2) is 54.9 Å². The maximum atomic E-state index is 12.6. The fourth-order valence-electron chi connectivity index (χ4n) is 2.70. The van der Waals surface area contributed by atoms with E-state index in [0.717, 1.165) is 6.42 Å². The molecule has 2 fully saturated rings. The molecule has 5 nitrogen and oxygen atoms in total. The van der Waals surface area contributed by atoms with Gasteiger partial charge in [0.1, 0.15) is 0 Å². The zero-order valence-corrected chi connectivity index (χ0v) is 11.4. The van der Waals surface area contributed by atoms with Crippen molar-refractivity contribution in [2.75, 3.05) is 26.3 Å². The summed E-state index contributed by atoms with van der Waals surface area (Å²) in [5.41, 5.74) is 5.53. The van der Waals surface area contributed by atoms with E-state index in [0.29, 0.717) is 39.1 Å². The first kappa shape index (κ1) is 13.8. The van der Waals surface area contributed by atoms with E-state index < -0.39 is 5.54 Å². The molecule has 2 aliphatic rings. The third-order valence-corrected chi connectivity index (χ3v) is 3.88. The molecule has 1 amide bonds. The maximum Gasteiger partial charge on any atom is 0.243 e. The van der Waals surface area contributed by atoms with Crippen LogP contribution in [0.4, 0.5) is 0 Å². The van der Waals surface area contributed by atoms with Crippen LogP contribution in [-0.2, 0) is 14.3 Å². The number of morpholine rings is 1. The summed E-state index contributed by atoms with van der Waals surface area (Å²) in [6, 6.07) is 0. The van der Waals surface area contributed by atoms with Gasteiger partial charge in [-0.3, -0.25) is 4.79 Å². The zero-order chi connectivity index (χ0) is 13.2. The van der Waals surface area contributed by atoms with E-state index in [1.807, 2.05) is 11.8 Å². The number of hydrogen-bond acceptors (Lipinski definition) is 4. The van der Waals surface area contributed by atoms with Crippen LogP contribution in [0, 0.1) is 0 Å². The Labute approximate surface area is 109 Å². The molecule has 0 aliphatic carbocycles. The molecule has 0 aromatic carbocycles. The van der Waals surface area contributed by atoms with Crippen LogP contribution >= 0.6 is 0 Å². The van der Waals surface area contributed by atoms with Gasteiger partial charge in [-0.2, -0.15) is 0 Å². The number of nitrogens with two attached hydrogens (primary N) is 1. The predicted molar refractivity (Wildman–Crippen MR) is 68.2 cm³/mol. The molecule has 2 unspecified atom stereocenters. The number of amides is 1. The van der Waals surface area contributed by atoms with Gasteiger partial charge in [-0.05, 0) is 26.2 Å². The van der Waals surface area contributed by atoms with E-state index in [1.54, 1.807) is 0 Å². The second-order valence-corrected chi connectivity index (χ2v) is 5.46. The van der Waals surface area contributed by atoms with Gasteiger partial charge in [-0.25, -0.2) is 0 Å². The van der Waals surface area contributed by atoms with Gasteiger partial charge in [-0.1, -0.05) is 6.92 Å². The molecule has 0 saturated carbocycles. The minimum absolute atomic E-state index is 0.0689. The first-order valence-electron chi connectivity index (χ1n) is 6.86. The monoisotopic (exact) mass is 256 g/mol. The van der Waals surface area contributed by atoms with Crippen molar-refractivity contribution < 1.29 is 14.3 Å². The summed E-state index contributed by atoms with van der Waals surface area (Å²) in [5, 5.41) is 0. The largest absolute Gasteiger partial charge is 0.381 e. The Hall–Kier alpha value is -0.650. The normalized spacial score (nSPS) is 32.3. The van der Waals surface area contributed by atoms with Crippen molar-refractivity contribution in [2.45, 2.75) is 50.9 Å². The Morgan fingerprint density at radius 3 is 2.67 bits per heavy atom. The third-order valence-electron chi connectivity index (χ3n) is 3.88. The van der Waals surface area contributed by atoms with Crippen molar-refractivity contribution in [3.63, 3.8) is 0 Å². The first-order valence-corrected chi connectivity index (χ1v) is 6.86. The molecule has 0 aromatic rings. The molecule has 0 spiro atoms. The SMILES string of the molecule is CCC1CN(C(=O)C2(N)CCOCC2)CC(C)O1. The minimum Gasteiger partial charge on any atom is -0.381 e. The lowest BCUT2D eigenvalue weighted by atomic mass is 9.89. The molecular formula is C13H24N2O3. The fraction of sp³-hybridized carbons (Fsp3) is 0.923. The molecule has 2 heterocycles. The van der Waals surface area contributed by atoms with Gasteiger partial charge < -0.3 is 20.1 Å². The highest BCUT2D eigenvalue weighted by Gasteiger charge is 2.41. The van der Waals surface area contributed by atoms with Gasteiger partial charge in [0.15, 0.2) is 0 Å². The van der Waals surface area contributed by atoms with Gasteiger partial charge in [0.25, 0.3) is 0 Å². The van der Waals surface area contributed by atoms with Crippen LogP contribution in [0.5, 0.6) is 0 Å². The fourth-order valence-corrected chi connectivity index (χ4v) is 2.70. The Bertz CT molecular complexity index is 303. The van der Waals surface area contributed by atoms with Gasteiger partial charge in [0.05, 0.1) is 17.7 Å². The summed E-state index contributed by atoms with van der Waals surface area (Å²) in [7, 11) is 0. The summed E-state index contributed by atoms with van der Waals surface area (Å²) >= 11 is 0. The highest BCUT2D eigenvalue weighted by atomic mass is 16.5. The van der Waals surface area contributed by atoms with E-state index >= 15 is 0 Å². The molecule has 0 radical (unpaired) electrons. The molecule has 5 heteroatoms. The van der Waals surface area contributed by atoms with E-state index in [9.17, 15) is 4.79 Å². The predicted octanol–water partition coefficient (Wildman–Crippen LogP) is 0.520. The standard InChI is InChI=1S/C13H24N2O3/c1-3-11-9-15(8-10(2)18-11)12(16)13(14)4-6-17-7-5-13/h10-11H,3-9,14H2,1-2H3. The van der Waals surface area contributed by atoms with Crippen LogP contribution in [0.3, 0.4) is 0 Å². The minimum atomic E-state index is -0.729. The number of ether oxygens (including phenoxy) is 2. The van der Waals surface area contributed by atoms with Crippen LogP contribution in [0.2, 0.25) is 0 Å². The summed E-state index contributed by atoms with van der Waals surface area (Å²) in [6.07, 6.45) is 2.40. The average molecular weight is 256 g/mol. The third kappa shape index (κ3) is 2.84. The van der Waals surface area contributed by atoms with Gasteiger partial charge >= 0.3 is 0 Å². The van der Waals surface area contributed by atoms with Gasteiger partial charge in [0.2, 0.25) is 5.91 Å². The molecule has 2 aliphatic heterocycles. The topological polar surface area (TPSA) is 64.8 Å². The first-order chi connectivity index (χ1) is 8.55. The number of carbonyl (C=O) groups is 1. The van der Waals surface area contributed by atoms with E-state index in [1.165, 1.54) is 0 Å². The summed E-state index contributed by atoms with van der Waals surface area (Å²) in [4.78, 5) is 14.5. The van der Waals surface area contributed by atoms with Gasteiger partial charge in [-0.15, -0.1) is 0 Å². The molecule has 2 N–H and O–H groups in total. The van der Waals surface area contributed by atoms with E-state index in [4.69, 9.17) is 15.2 Å². The van der Waals surface area contributed by atoms with Crippen molar-refractivity contribution in [1.82, 2.24) is 4.90 Å². The van der Waals surface area contributed by atoms with Crippen molar-refractivity contribution in [2.24, 2.45) is 5.73 Å². The van der Waals surface area contributed by atoms with Crippen molar-refractivity contribution in [3.8, 4) is 0 Å². The second kappa shape index (κ2) is 5.55.